The van der Waals surface area contributed by atoms with E-state index >= 15 is 0 Å². The molecule has 3 aliphatic heterocycles. The van der Waals surface area contributed by atoms with Crippen molar-refractivity contribution in [2.45, 2.75) is 164 Å². The second kappa shape index (κ2) is 15.4. The van der Waals surface area contributed by atoms with Crippen LogP contribution in [0, 0.1) is 17.8 Å². The fraction of sp³-hybridized carbons (Fsp3) is 0.912. The topological polar surface area (TPSA) is 142 Å². The highest BCUT2D eigenvalue weighted by molar-refractivity contribution is 5.78. The van der Waals surface area contributed by atoms with Crippen molar-refractivity contribution in [3.8, 4) is 0 Å². The Bertz CT molecular complexity index is 994. The zero-order valence-electron chi connectivity index (χ0n) is 26.9. The zero-order chi connectivity index (χ0) is 31.3. The summed E-state index contributed by atoms with van der Waals surface area (Å²) in [5.74, 6) is -0.0437. The molecule has 0 radical (unpaired) electrons. The molecular weight excluding hydrogens is 580 g/mol. The van der Waals surface area contributed by atoms with Crippen LogP contribution >= 0.6 is 0 Å². The maximum atomic E-state index is 13.7. The van der Waals surface area contributed by atoms with Gasteiger partial charge in [0.05, 0.1) is 6.61 Å². The van der Waals surface area contributed by atoms with Gasteiger partial charge in [-0.3, -0.25) is 14.4 Å². The fourth-order valence-corrected chi connectivity index (χ4v) is 9.06. The quantitative estimate of drug-likeness (QED) is 0.241. The minimum Gasteiger partial charge on any atom is -0.455 e. The first-order valence-corrected chi connectivity index (χ1v) is 17.8. The molecule has 0 aromatic rings. The Morgan fingerprint density at radius 1 is 0.711 bits per heavy atom. The first kappa shape index (κ1) is 33.1. The van der Waals surface area contributed by atoms with Crippen molar-refractivity contribution in [1.82, 2.24) is 10.6 Å². The van der Waals surface area contributed by atoms with E-state index in [1.165, 1.54) is 26.4 Å². The van der Waals surface area contributed by atoms with Gasteiger partial charge in [-0.2, -0.15) is 0 Å². The van der Waals surface area contributed by atoms with Gasteiger partial charge in [0.1, 0.15) is 18.2 Å². The summed E-state index contributed by atoms with van der Waals surface area (Å²) in [6, 6.07) is -0.423. The average molecular weight is 635 g/mol. The van der Waals surface area contributed by atoms with E-state index in [0.717, 1.165) is 70.6 Å². The second-order valence-corrected chi connectivity index (χ2v) is 14.5. The van der Waals surface area contributed by atoms with E-state index in [9.17, 15) is 19.5 Å². The van der Waals surface area contributed by atoms with E-state index in [4.69, 9.17) is 23.7 Å². The standard InChI is InChI=1S/C34H54N2O9/c1-41-34-31(45-33(40)26-18-22-12-6-8-14-24(22)36-26)30(44-32(39)25-17-21-11-5-7-13-23(21)35-25)29(27(19-37)42-34)43-28(38)16-15-20-9-3-2-4-10-20/h20-27,29-31,34-37H,2-19H2,1H3/t21?,22?,23?,24?,25?,26?,27-,29-,30+,31-,34+/m1/s1. The predicted octanol–water partition coefficient (Wildman–Crippen LogP) is 3.29. The lowest BCUT2D eigenvalue weighted by Gasteiger charge is -2.44. The number of fused-ring (bicyclic) bond motifs is 2. The fourth-order valence-electron chi connectivity index (χ4n) is 9.06. The molecule has 45 heavy (non-hydrogen) atoms. The number of carbonyl (C=O) groups is 3. The molecule has 0 amide bonds. The van der Waals surface area contributed by atoms with Gasteiger partial charge in [0.2, 0.25) is 0 Å². The molecule has 3 heterocycles. The molecule has 3 N–H and O–H groups in total. The van der Waals surface area contributed by atoms with Crippen molar-refractivity contribution in [3.05, 3.63) is 0 Å². The first-order chi connectivity index (χ1) is 21.9. The van der Waals surface area contributed by atoms with Crippen molar-refractivity contribution in [1.29, 1.82) is 0 Å². The maximum Gasteiger partial charge on any atom is 0.323 e. The summed E-state index contributed by atoms with van der Waals surface area (Å²) in [5.41, 5.74) is 0. The summed E-state index contributed by atoms with van der Waals surface area (Å²) in [7, 11) is 1.42. The number of nitrogens with one attached hydrogen (secondary N) is 2. The summed E-state index contributed by atoms with van der Waals surface area (Å²) < 4.78 is 29.9. The van der Waals surface area contributed by atoms with Crippen LogP contribution in [-0.4, -0.2) is 91.6 Å². The molecule has 0 bridgehead atoms. The van der Waals surface area contributed by atoms with Crippen molar-refractivity contribution in [2.24, 2.45) is 17.8 Å². The van der Waals surface area contributed by atoms with Crippen LogP contribution in [0.4, 0.5) is 0 Å². The highest BCUT2D eigenvalue weighted by Gasteiger charge is 2.54. The van der Waals surface area contributed by atoms with Crippen molar-refractivity contribution in [3.63, 3.8) is 0 Å². The largest absolute Gasteiger partial charge is 0.455 e. The number of esters is 3. The third-order valence-corrected chi connectivity index (χ3v) is 11.6. The van der Waals surface area contributed by atoms with Gasteiger partial charge in [-0.1, -0.05) is 57.8 Å². The Hall–Kier alpha value is -1.79. The van der Waals surface area contributed by atoms with Crippen molar-refractivity contribution >= 4 is 17.9 Å². The predicted molar refractivity (Wildman–Crippen MR) is 163 cm³/mol. The van der Waals surface area contributed by atoms with Gasteiger partial charge >= 0.3 is 17.9 Å². The van der Waals surface area contributed by atoms with Crippen LogP contribution in [0.1, 0.15) is 109 Å². The first-order valence-electron chi connectivity index (χ1n) is 17.8. The lowest BCUT2D eigenvalue weighted by Crippen LogP contribution is -2.63. The SMILES string of the molecule is CO[C@H]1O[C@H](CO)[C@@H](OC(=O)CCC2CCCCC2)[C@H](OC(=O)C2CC3CCCCC3N2)[C@H]1OC(=O)C1CC2CCCCC2N1. The van der Waals surface area contributed by atoms with Crippen molar-refractivity contribution < 1.29 is 43.2 Å². The van der Waals surface area contributed by atoms with E-state index in [1.807, 2.05) is 0 Å². The lowest BCUT2D eigenvalue weighted by molar-refractivity contribution is -0.303. The second-order valence-electron chi connectivity index (χ2n) is 14.5. The molecule has 6 unspecified atom stereocenters. The molecule has 3 aliphatic carbocycles. The van der Waals surface area contributed by atoms with Gasteiger partial charge in [-0.15, -0.1) is 0 Å². The third-order valence-electron chi connectivity index (χ3n) is 11.6. The number of hydrogen-bond donors (Lipinski definition) is 3. The summed E-state index contributed by atoms with van der Waals surface area (Å²) >= 11 is 0. The number of hydrogen-bond acceptors (Lipinski definition) is 11. The molecule has 6 rings (SSSR count). The monoisotopic (exact) mass is 634 g/mol. The molecule has 3 saturated heterocycles. The van der Waals surface area contributed by atoms with Crippen LogP contribution in [-0.2, 0) is 38.1 Å². The molecule has 3 saturated carbocycles. The van der Waals surface area contributed by atoms with E-state index in [2.05, 4.69) is 10.6 Å². The minimum atomic E-state index is -1.20. The molecule has 0 aromatic heterocycles. The molecule has 254 valence electrons. The molecule has 6 aliphatic rings. The number of aliphatic hydroxyl groups is 1. The molecule has 6 fully saturated rings. The van der Waals surface area contributed by atoms with Gasteiger partial charge in [-0.25, -0.2) is 0 Å². The van der Waals surface area contributed by atoms with Crippen LogP contribution in [0.25, 0.3) is 0 Å². The number of carbonyl (C=O) groups excluding carboxylic acids is 3. The third kappa shape index (κ3) is 7.86. The number of aliphatic hydroxyl groups excluding tert-OH is 1. The van der Waals surface area contributed by atoms with E-state index < -0.39 is 67.3 Å². The highest BCUT2D eigenvalue weighted by Crippen LogP contribution is 2.37. The molecule has 0 aromatic carbocycles. The zero-order valence-corrected chi connectivity index (χ0v) is 26.9. The minimum absolute atomic E-state index is 0.223. The summed E-state index contributed by atoms with van der Waals surface area (Å²) in [6.45, 7) is -0.492. The lowest BCUT2D eigenvalue weighted by atomic mass is 9.85. The Morgan fingerprint density at radius 2 is 1.27 bits per heavy atom. The Labute approximate surface area is 267 Å². The Balaban J connectivity index is 1.19. The number of methoxy groups -OCH3 is 1. The Kier molecular flexibility index (Phi) is 11.3. The molecular formula is C34H54N2O9. The average Bonchev–Trinajstić information content (AvgIpc) is 3.71. The van der Waals surface area contributed by atoms with Crippen LogP contribution in [0.15, 0.2) is 0 Å². The number of rotatable bonds is 10. The van der Waals surface area contributed by atoms with Gasteiger partial charge < -0.3 is 39.4 Å². The smallest absolute Gasteiger partial charge is 0.323 e. The molecule has 11 nitrogen and oxygen atoms in total. The maximum absolute atomic E-state index is 13.7. The van der Waals surface area contributed by atoms with Gasteiger partial charge in [0, 0.05) is 25.6 Å². The van der Waals surface area contributed by atoms with E-state index in [0.29, 0.717) is 36.6 Å². The van der Waals surface area contributed by atoms with Crippen LogP contribution in [0.3, 0.4) is 0 Å². The van der Waals surface area contributed by atoms with Gasteiger partial charge in [0.25, 0.3) is 0 Å². The molecule has 11 heteroatoms. The molecule has 0 spiro atoms. The van der Waals surface area contributed by atoms with Crippen LogP contribution in [0.2, 0.25) is 0 Å². The van der Waals surface area contributed by atoms with E-state index in [-0.39, 0.29) is 12.5 Å². The normalized spacial score (nSPS) is 40.3. The van der Waals surface area contributed by atoms with Gasteiger partial charge in [-0.05, 0) is 62.7 Å². The highest BCUT2D eigenvalue weighted by atomic mass is 16.7. The van der Waals surface area contributed by atoms with Crippen LogP contribution < -0.4 is 10.6 Å². The van der Waals surface area contributed by atoms with Crippen molar-refractivity contribution in [2.75, 3.05) is 13.7 Å². The van der Waals surface area contributed by atoms with E-state index in [1.54, 1.807) is 0 Å². The summed E-state index contributed by atoms with van der Waals surface area (Å²) in [6.07, 6.45) is 11.3. The number of ether oxygens (including phenoxy) is 5. The van der Waals surface area contributed by atoms with Gasteiger partial charge in [0.15, 0.2) is 24.6 Å². The van der Waals surface area contributed by atoms with Crippen LogP contribution in [0.5, 0.6) is 0 Å². The molecule has 11 atom stereocenters. The summed E-state index contributed by atoms with van der Waals surface area (Å²) in [5, 5.41) is 17.3. The Morgan fingerprint density at radius 3 is 1.82 bits per heavy atom. The summed E-state index contributed by atoms with van der Waals surface area (Å²) in [4.78, 5) is 40.6.